The summed E-state index contributed by atoms with van der Waals surface area (Å²) in [4.78, 5) is 14.5. The van der Waals surface area contributed by atoms with Gasteiger partial charge < -0.3 is 9.64 Å². The van der Waals surface area contributed by atoms with Crippen molar-refractivity contribution in [2.45, 2.75) is 77.4 Å². The number of nitrogens with zero attached hydrogens (tertiary/aromatic N) is 1. The van der Waals surface area contributed by atoms with Gasteiger partial charge in [-0.15, -0.1) is 0 Å². The number of benzene rings is 1. The molecule has 2 rings (SSSR count). The number of rotatable bonds is 4. The van der Waals surface area contributed by atoms with Crippen molar-refractivity contribution < 1.29 is 9.53 Å². The second kappa shape index (κ2) is 8.54. The van der Waals surface area contributed by atoms with E-state index >= 15 is 0 Å². The van der Waals surface area contributed by atoms with Crippen molar-refractivity contribution in [3.05, 3.63) is 33.4 Å². The Morgan fingerprint density at radius 3 is 2.25 bits per heavy atom. The van der Waals surface area contributed by atoms with Gasteiger partial charge in [-0.25, -0.2) is 4.79 Å². The predicted molar refractivity (Wildman–Crippen MR) is 107 cm³/mol. The highest BCUT2D eigenvalue weighted by Gasteiger charge is 2.31. The van der Waals surface area contributed by atoms with E-state index in [0.717, 1.165) is 38.6 Å². The molecule has 4 heteroatoms. The maximum atomic E-state index is 12.5. The van der Waals surface area contributed by atoms with Gasteiger partial charge in [-0.1, -0.05) is 19.1 Å². The Morgan fingerprint density at radius 1 is 1.17 bits per heavy atom. The van der Waals surface area contributed by atoms with Gasteiger partial charge in [0.15, 0.2) is 0 Å². The standard InChI is InChI=1S/C20H30INO2/c1-5-14-22(19(23)24-20(2,3)4)18-12-8-16(9-13-18)15-6-10-17(21)11-7-15/h6-7,10-11,16,18H,5,8-9,12-14H2,1-4H3. The minimum atomic E-state index is -0.429. The zero-order valence-electron chi connectivity index (χ0n) is 15.3. The number of carbonyl (C=O) groups is 1. The summed E-state index contributed by atoms with van der Waals surface area (Å²) >= 11 is 2.35. The molecule has 0 aliphatic heterocycles. The van der Waals surface area contributed by atoms with Crippen LogP contribution in [0.2, 0.25) is 0 Å². The Bertz CT molecular complexity index is 528. The molecular formula is C20H30INO2. The van der Waals surface area contributed by atoms with Gasteiger partial charge in [-0.05, 0) is 99.1 Å². The van der Waals surface area contributed by atoms with Gasteiger partial charge in [0.05, 0.1) is 0 Å². The van der Waals surface area contributed by atoms with Gasteiger partial charge in [0.2, 0.25) is 0 Å². The third-order valence-electron chi connectivity index (χ3n) is 4.57. The molecule has 0 atom stereocenters. The van der Waals surface area contributed by atoms with E-state index in [9.17, 15) is 4.79 Å². The van der Waals surface area contributed by atoms with E-state index in [4.69, 9.17) is 4.74 Å². The van der Waals surface area contributed by atoms with Crippen LogP contribution in [-0.2, 0) is 4.74 Å². The Kier molecular flexibility index (Phi) is 6.96. The first-order chi connectivity index (χ1) is 11.3. The molecule has 0 heterocycles. The van der Waals surface area contributed by atoms with E-state index in [2.05, 4.69) is 53.8 Å². The fourth-order valence-corrected chi connectivity index (χ4v) is 3.80. The molecule has 1 aromatic carbocycles. The monoisotopic (exact) mass is 443 g/mol. The maximum absolute atomic E-state index is 12.5. The van der Waals surface area contributed by atoms with Gasteiger partial charge in [0.25, 0.3) is 0 Å². The molecule has 1 aliphatic carbocycles. The van der Waals surface area contributed by atoms with Gasteiger partial charge in [0, 0.05) is 16.2 Å². The smallest absolute Gasteiger partial charge is 0.410 e. The van der Waals surface area contributed by atoms with Crippen LogP contribution < -0.4 is 0 Å². The van der Waals surface area contributed by atoms with Gasteiger partial charge in [-0.3, -0.25) is 0 Å². The number of amides is 1. The minimum absolute atomic E-state index is 0.151. The average Bonchev–Trinajstić information content (AvgIpc) is 2.52. The lowest BCUT2D eigenvalue weighted by atomic mass is 9.81. The topological polar surface area (TPSA) is 29.5 Å². The van der Waals surface area contributed by atoms with Crippen LogP contribution in [0.3, 0.4) is 0 Å². The molecule has 0 saturated heterocycles. The van der Waals surface area contributed by atoms with E-state index in [1.54, 1.807) is 0 Å². The van der Waals surface area contributed by atoms with Crippen LogP contribution in [0.4, 0.5) is 4.79 Å². The van der Waals surface area contributed by atoms with E-state index in [-0.39, 0.29) is 6.09 Å². The summed E-state index contributed by atoms with van der Waals surface area (Å²) in [6, 6.07) is 9.20. The summed E-state index contributed by atoms with van der Waals surface area (Å²) in [5.41, 5.74) is 1.01. The van der Waals surface area contributed by atoms with Gasteiger partial charge in [-0.2, -0.15) is 0 Å². The van der Waals surface area contributed by atoms with Gasteiger partial charge in [0.1, 0.15) is 5.60 Å². The summed E-state index contributed by atoms with van der Waals surface area (Å²) in [5, 5.41) is 0. The molecule has 134 valence electrons. The summed E-state index contributed by atoms with van der Waals surface area (Å²) in [6.45, 7) is 8.70. The second-order valence-corrected chi connectivity index (χ2v) is 8.98. The molecular weight excluding hydrogens is 413 g/mol. The zero-order valence-corrected chi connectivity index (χ0v) is 17.5. The first kappa shape index (κ1) is 19.5. The summed E-state index contributed by atoms with van der Waals surface area (Å²) in [7, 11) is 0. The van der Waals surface area contributed by atoms with Crippen molar-refractivity contribution in [1.29, 1.82) is 0 Å². The Morgan fingerprint density at radius 2 is 1.75 bits per heavy atom. The van der Waals surface area contributed by atoms with E-state index < -0.39 is 5.60 Å². The lowest BCUT2D eigenvalue weighted by molar-refractivity contribution is 0.0115. The molecule has 3 nitrogen and oxygen atoms in total. The molecule has 1 aliphatic rings. The van der Waals surface area contributed by atoms with Crippen LogP contribution >= 0.6 is 22.6 Å². The largest absolute Gasteiger partial charge is 0.444 e. The number of halogens is 1. The molecule has 1 fully saturated rings. The third-order valence-corrected chi connectivity index (χ3v) is 5.29. The first-order valence-electron chi connectivity index (χ1n) is 9.05. The normalized spacial score (nSPS) is 21.4. The Hall–Kier alpha value is -0.780. The van der Waals surface area contributed by atoms with E-state index in [0.29, 0.717) is 12.0 Å². The van der Waals surface area contributed by atoms with Crippen LogP contribution in [0.5, 0.6) is 0 Å². The number of hydrogen-bond donors (Lipinski definition) is 0. The third kappa shape index (κ3) is 5.64. The van der Waals surface area contributed by atoms with E-state index in [1.807, 2.05) is 25.7 Å². The van der Waals surface area contributed by atoms with Crippen LogP contribution in [-0.4, -0.2) is 29.2 Å². The van der Waals surface area contributed by atoms with E-state index in [1.165, 1.54) is 9.13 Å². The molecule has 0 N–H and O–H groups in total. The van der Waals surface area contributed by atoms with Crippen molar-refractivity contribution >= 4 is 28.7 Å². The average molecular weight is 443 g/mol. The highest BCUT2D eigenvalue weighted by atomic mass is 127. The van der Waals surface area contributed by atoms with Crippen LogP contribution in [0.1, 0.15) is 71.3 Å². The molecule has 1 amide bonds. The summed E-state index contributed by atoms with van der Waals surface area (Å²) in [5.74, 6) is 0.625. The quantitative estimate of drug-likeness (QED) is 0.537. The highest BCUT2D eigenvalue weighted by Crippen LogP contribution is 2.35. The molecule has 1 saturated carbocycles. The Balaban J connectivity index is 1.97. The van der Waals surface area contributed by atoms with Crippen molar-refractivity contribution in [2.24, 2.45) is 0 Å². The molecule has 0 aromatic heterocycles. The van der Waals surface area contributed by atoms with Crippen molar-refractivity contribution in [3.63, 3.8) is 0 Å². The zero-order chi connectivity index (χ0) is 17.7. The maximum Gasteiger partial charge on any atom is 0.410 e. The number of ether oxygens (including phenoxy) is 1. The summed E-state index contributed by atoms with van der Waals surface area (Å²) < 4.78 is 6.90. The molecule has 0 unspecified atom stereocenters. The molecule has 24 heavy (non-hydrogen) atoms. The molecule has 0 bridgehead atoms. The van der Waals surface area contributed by atoms with Crippen molar-refractivity contribution in [3.8, 4) is 0 Å². The minimum Gasteiger partial charge on any atom is -0.444 e. The molecule has 0 spiro atoms. The van der Waals surface area contributed by atoms with Gasteiger partial charge >= 0.3 is 6.09 Å². The number of carbonyl (C=O) groups excluding carboxylic acids is 1. The van der Waals surface area contributed by atoms with Crippen LogP contribution in [0, 0.1) is 3.57 Å². The lowest BCUT2D eigenvalue weighted by Crippen LogP contribution is -2.45. The van der Waals surface area contributed by atoms with Crippen LogP contribution in [0.25, 0.3) is 0 Å². The Labute approximate surface area is 160 Å². The first-order valence-corrected chi connectivity index (χ1v) is 10.1. The van der Waals surface area contributed by atoms with Crippen molar-refractivity contribution in [2.75, 3.05) is 6.54 Å². The molecule has 0 radical (unpaired) electrons. The van der Waals surface area contributed by atoms with Crippen molar-refractivity contribution in [1.82, 2.24) is 4.90 Å². The van der Waals surface area contributed by atoms with Crippen LogP contribution in [0.15, 0.2) is 24.3 Å². The predicted octanol–water partition coefficient (Wildman–Crippen LogP) is 5.96. The number of hydrogen-bond acceptors (Lipinski definition) is 2. The molecule has 1 aromatic rings. The lowest BCUT2D eigenvalue weighted by Gasteiger charge is -2.37. The fourth-order valence-electron chi connectivity index (χ4n) is 3.44. The highest BCUT2D eigenvalue weighted by molar-refractivity contribution is 14.1. The SMILES string of the molecule is CCCN(C(=O)OC(C)(C)C)C1CCC(c2ccc(I)cc2)CC1. The fraction of sp³-hybridized carbons (Fsp3) is 0.650. The second-order valence-electron chi connectivity index (χ2n) is 7.73. The summed E-state index contributed by atoms with van der Waals surface area (Å²) in [6.07, 6.45) is 5.24.